The fourth-order valence-corrected chi connectivity index (χ4v) is 4.64. The van der Waals surface area contributed by atoms with E-state index < -0.39 is 5.60 Å². The molecule has 2 heterocycles. The van der Waals surface area contributed by atoms with Gasteiger partial charge in [-0.25, -0.2) is 0 Å². The Labute approximate surface area is 127 Å². The zero-order chi connectivity index (χ0) is 14.8. The minimum Gasteiger partial charge on any atom is -0.389 e. The second-order valence-electron chi connectivity index (χ2n) is 6.99. The molecule has 1 aromatic rings. The second-order valence-corrected chi connectivity index (χ2v) is 7.98. The summed E-state index contributed by atoms with van der Waals surface area (Å²) in [6.07, 6.45) is 5.81. The van der Waals surface area contributed by atoms with Crippen molar-refractivity contribution in [3.63, 3.8) is 0 Å². The standard InChI is InChI=1S/C16H28N2OS/c1-5-14(6-2)18-8-7-13(17-18)9-16(19)10-15(3,4)11-20-12-16/h7-8,14,19H,5-6,9-12H2,1-4H3. The molecule has 1 atom stereocenters. The molecule has 0 radical (unpaired) electrons. The summed E-state index contributed by atoms with van der Waals surface area (Å²) in [5.74, 6) is 1.96. The van der Waals surface area contributed by atoms with Gasteiger partial charge >= 0.3 is 0 Å². The lowest BCUT2D eigenvalue weighted by Crippen LogP contribution is -2.44. The van der Waals surface area contributed by atoms with Crippen molar-refractivity contribution >= 4 is 11.8 Å². The van der Waals surface area contributed by atoms with Gasteiger partial charge in [0.05, 0.1) is 17.3 Å². The molecule has 1 aliphatic heterocycles. The Kier molecular flexibility index (Phi) is 4.85. The van der Waals surface area contributed by atoms with Gasteiger partial charge in [0, 0.05) is 18.4 Å². The first kappa shape index (κ1) is 15.9. The summed E-state index contributed by atoms with van der Waals surface area (Å²) in [5.41, 5.74) is 0.646. The smallest absolute Gasteiger partial charge is 0.0799 e. The Morgan fingerprint density at radius 1 is 1.35 bits per heavy atom. The maximum Gasteiger partial charge on any atom is 0.0799 e. The van der Waals surface area contributed by atoms with Crippen LogP contribution < -0.4 is 0 Å². The minimum atomic E-state index is -0.598. The molecule has 1 aliphatic rings. The van der Waals surface area contributed by atoms with Crippen molar-refractivity contribution in [3.05, 3.63) is 18.0 Å². The summed E-state index contributed by atoms with van der Waals surface area (Å²) in [6.45, 7) is 8.88. The van der Waals surface area contributed by atoms with Crippen molar-refractivity contribution in [1.82, 2.24) is 9.78 Å². The van der Waals surface area contributed by atoms with Crippen LogP contribution >= 0.6 is 11.8 Å². The summed E-state index contributed by atoms with van der Waals surface area (Å²) in [5, 5.41) is 15.5. The molecule has 1 saturated heterocycles. The Morgan fingerprint density at radius 2 is 2.05 bits per heavy atom. The quantitative estimate of drug-likeness (QED) is 0.900. The number of thioether (sulfide) groups is 1. The molecule has 4 heteroatoms. The number of rotatable bonds is 5. The molecule has 0 aromatic carbocycles. The lowest BCUT2D eigenvalue weighted by molar-refractivity contribution is 0.0190. The van der Waals surface area contributed by atoms with E-state index in [1.165, 1.54) is 0 Å². The van der Waals surface area contributed by atoms with Gasteiger partial charge in [0.2, 0.25) is 0 Å². The second kappa shape index (κ2) is 6.10. The zero-order valence-electron chi connectivity index (χ0n) is 13.2. The van der Waals surface area contributed by atoms with E-state index in [4.69, 9.17) is 0 Å². The number of aromatic nitrogens is 2. The van der Waals surface area contributed by atoms with E-state index in [1.54, 1.807) is 0 Å². The SMILES string of the molecule is CCC(CC)n1ccc(CC2(O)CSCC(C)(C)C2)n1. The van der Waals surface area contributed by atoms with Gasteiger partial charge in [0.25, 0.3) is 0 Å². The normalized spacial score (nSPS) is 26.1. The van der Waals surface area contributed by atoms with Gasteiger partial charge in [-0.1, -0.05) is 27.7 Å². The molecular formula is C16H28N2OS. The summed E-state index contributed by atoms with van der Waals surface area (Å²) in [4.78, 5) is 0. The molecule has 1 aromatic heterocycles. The zero-order valence-corrected chi connectivity index (χ0v) is 14.0. The Bertz CT molecular complexity index is 439. The summed E-state index contributed by atoms with van der Waals surface area (Å²) in [6, 6.07) is 2.55. The van der Waals surface area contributed by atoms with Gasteiger partial charge in [-0.2, -0.15) is 16.9 Å². The Morgan fingerprint density at radius 3 is 2.65 bits per heavy atom. The third kappa shape index (κ3) is 3.79. The molecule has 0 bridgehead atoms. The lowest BCUT2D eigenvalue weighted by atomic mass is 9.80. The van der Waals surface area contributed by atoms with E-state index in [1.807, 2.05) is 11.8 Å². The molecule has 1 unspecified atom stereocenters. The third-order valence-electron chi connectivity index (χ3n) is 4.16. The van der Waals surface area contributed by atoms with Crippen molar-refractivity contribution in [2.24, 2.45) is 5.41 Å². The Hall–Kier alpha value is -0.480. The Balaban J connectivity index is 2.06. The van der Waals surface area contributed by atoms with Crippen LogP contribution in [0.2, 0.25) is 0 Å². The van der Waals surface area contributed by atoms with Crippen molar-refractivity contribution in [2.75, 3.05) is 11.5 Å². The van der Waals surface area contributed by atoms with Crippen LogP contribution in [0.5, 0.6) is 0 Å². The van der Waals surface area contributed by atoms with Crippen LogP contribution in [0.25, 0.3) is 0 Å². The first-order chi connectivity index (χ1) is 9.37. The molecule has 114 valence electrons. The van der Waals surface area contributed by atoms with Crippen LogP contribution in [0.1, 0.15) is 58.7 Å². The van der Waals surface area contributed by atoms with E-state index in [-0.39, 0.29) is 5.41 Å². The highest BCUT2D eigenvalue weighted by atomic mass is 32.2. The average molecular weight is 296 g/mol. The minimum absolute atomic E-state index is 0.218. The van der Waals surface area contributed by atoms with E-state index in [9.17, 15) is 5.11 Å². The highest BCUT2D eigenvalue weighted by Crippen LogP contribution is 2.40. The van der Waals surface area contributed by atoms with Crippen molar-refractivity contribution in [2.45, 2.75) is 65.0 Å². The first-order valence-corrected chi connectivity index (χ1v) is 8.87. The largest absolute Gasteiger partial charge is 0.389 e. The van der Waals surface area contributed by atoms with Crippen molar-refractivity contribution in [1.29, 1.82) is 0 Å². The highest BCUT2D eigenvalue weighted by molar-refractivity contribution is 7.99. The topological polar surface area (TPSA) is 38.0 Å². The van der Waals surface area contributed by atoms with Gasteiger partial charge in [-0.3, -0.25) is 4.68 Å². The van der Waals surface area contributed by atoms with Crippen molar-refractivity contribution < 1.29 is 5.11 Å². The van der Waals surface area contributed by atoms with E-state index >= 15 is 0 Å². The summed E-state index contributed by atoms with van der Waals surface area (Å²) in [7, 11) is 0. The van der Waals surface area contributed by atoms with Gasteiger partial charge < -0.3 is 5.11 Å². The van der Waals surface area contributed by atoms with Gasteiger partial charge in [0.1, 0.15) is 0 Å². The van der Waals surface area contributed by atoms with Crippen LogP contribution in [-0.2, 0) is 6.42 Å². The van der Waals surface area contributed by atoms with Crippen LogP contribution in [0, 0.1) is 5.41 Å². The third-order valence-corrected chi connectivity index (χ3v) is 5.89. The van der Waals surface area contributed by atoms with Gasteiger partial charge in [0.15, 0.2) is 0 Å². The number of aliphatic hydroxyl groups is 1. The van der Waals surface area contributed by atoms with Crippen LogP contribution in [0.3, 0.4) is 0 Å². The van der Waals surface area contributed by atoms with Gasteiger partial charge in [-0.05, 0) is 36.5 Å². The molecule has 0 spiro atoms. The summed E-state index contributed by atoms with van der Waals surface area (Å²) < 4.78 is 2.07. The number of hydrogen-bond acceptors (Lipinski definition) is 3. The van der Waals surface area contributed by atoms with E-state index in [2.05, 4.69) is 49.7 Å². The predicted molar refractivity (Wildman–Crippen MR) is 86.2 cm³/mol. The van der Waals surface area contributed by atoms with Crippen LogP contribution in [0.4, 0.5) is 0 Å². The average Bonchev–Trinajstić information content (AvgIpc) is 2.76. The van der Waals surface area contributed by atoms with Crippen molar-refractivity contribution in [3.8, 4) is 0 Å². The maximum atomic E-state index is 10.9. The first-order valence-electron chi connectivity index (χ1n) is 7.72. The van der Waals surface area contributed by atoms with E-state index in [0.717, 1.165) is 36.5 Å². The molecule has 0 aliphatic carbocycles. The molecule has 20 heavy (non-hydrogen) atoms. The van der Waals surface area contributed by atoms with Gasteiger partial charge in [-0.15, -0.1) is 0 Å². The molecule has 1 N–H and O–H groups in total. The molecular weight excluding hydrogens is 268 g/mol. The monoisotopic (exact) mass is 296 g/mol. The molecule has 3 nitrogen and oxygen atoms in total. The van der Waals surface area contributed by atoms with Crippen LogP contribution in [0.15, 0.2) is 12.3 Å². The maximum absolute atomic E-state index is 10.9. The summed E-state index contributed by atoms with van der Waals surface area (Å²) >= 11 is 1.87. The predicted octanol–water partition coefficient (Wildman–Crippen LogP) is 3.68. The fraction of sp³-hybridized carbons (Fsp3) is 0.812. The number of hydrogen-bond donors (Lipinski definition) is 1. The van der Waals surface area contributed by atoms with E-state index in [0.29, 0.717) is 12.5 Å². The molecule has 2 rings (SSSR count). The lowest BCUT2D eigenvalue weighted by Gasteiger charge is -2.40. The molecule has 0 saturated carbocycles. The molecule has 1 fully saturated rings. The van der Waals surface area contributed by atoms with Crippen LogP contribution in [-0.4, -0.2) is 32.0 Å². The highest BCUT2D eigenvalue weighted by Gasteiger charge is 2.39. The molecule has 0 amide bonds. The fourth-order valence-electron chi connectivity index (χ4n) is 3.30. The number of nitrogens with zero attached hydrogens (tertiary/aromatic N) is 2.